The van der Waals surface area contributed by atoms with E-state index in [1.165, 1.54) is 11.8 Å². The number of esters is 1. The van der Waals surface area contributed by atoms with Crippen LogP contribution in [0.25, 0.3) is 5.78 Å². The molecule has 136 valence electrons. The number of benzene rings is 1. The number of ether oxygens (including phenoxy) is 1. The second-order valence-electron chi connectivity index (χ2n) is 5.66. The summed E-state index contributed by atoms with van der Waals surface area (Å²) in [6.07, 6.45) is 2.01. The van der Waals surface area contributed by atoms with Crippen molar-refractivity contribution in [1.29, 1.82) is 0 Å². The van der Waals surface area contributed by atoms with E-state index < -0.39 is 0 Å². The third kappa shape index (κ3) is 3.95. The summed E-state index contributed by atoms with van der Waals surface area (Å²) in [5.74, 6) is 0.172. The fraction of sp³-hybridized carbons (Fsp3) is 0.294. The van der Waals surface area contributed by atoms with Gasteiger partial charge in [0.25, 0.3) is 5.78 Å². The molecule has 0 radical (unpaired) electrons. The van der Waals surface area contributed by atoms with Crippen LogP contribution in [0.1, 0.15) is 22.5 Å². The Kier molecular flexibility index (Phi) is 5.70. The molecule has 9 heteroatoms. The van der Waals surface area contributed by atoms with Crippen LogP contribution in [0.15, 0.2) is 23.4 Å². The molecule has 0 fully saturated rings. The predicted octanol–water partition coefficient (Wildman–Crippen LogP) is 4.06. The molecule has 0 spiro atoms. The predicted molar refractivity (Wildman–Crippen MR) is 102 cm³/mol. The Morgan fingerprint density at radius 3 is 2.69 bits per heavy atom. The van der Waals surface area contributed by atoms with E-state index in [4.69, 9.17) is 27.9 Å². The summed E-state index contributed by atoms with van der Waals surface area (Å²) in [4.78, 5) is 21.0. The molecule has 0 saturated carbocycles. The molecule has 1 aromatic carbocycles. The first-order valence-corrected chi connectivity index (χ1v) is 9.73. The van der Waals surface area contributed by atoms with Crippen LogP contribution in [0.4, 0.5) is 0 Å². The number of halogens is 2. The molecule has 0 N–H and O–H groups in total. The minimum Gasteiger partial charge on any atom is -0.461 e. The maximum atomic E-state index is 12.3. The molecule has 0 aliphatic carbocycles. The highest BCUT2D eigenvalue weighted by Gasteiger charge is 2.16. The van der Waals surface area contributed by atoms with Gasteiger partial charge in [-0.05, 0) is 37.8 Å². The first kappa shape index (κ1) is 18.9. The summed E-state index contributed by atoms with van der Waals surface area (Å²) in [6.45, 7) is 3.87. The number of aromatic nitrogens is 4. The van der Waals surface area contributed by atoms with Gasteiger partial charge < -0.3 is 4.74 Å². The summed E-state index contributed by atoms with van der Waals surface area (Å²) in [5.41, 5.74) is 3.12. The molecule has 0 atom stereocenters. The zero-order valence-electron chi connectivity index (χ0n) is 14.4. The molecule has 3 rings (SSSR count). The van der Waals surface area contributed by atoms with Crippen molar-refractivity contribution in [2.75, 3.05) is 6.26 Å². The van der Waals surface area contributed by atoms with E-state index in [-0.39, 0.29) is 19.0 Å². The molecule has 0 unspecified atom stereocenters. The second-order valence-corrected chi connectivity index (χ2v) is 7.25. The highest BCUT2D eigenvalue weighted by Crippen LogP contribution is 2.23. The van der Waals surface area contributed by atoms with Crippen molar-refractivity contribution in [2.24, 2.45) is 0 Å². The van der Waals surface area contributed by atoms with Crippen molar-refractivity contribution in [3.8, 4) is 0 Å². The van der Waals surface area contributed by atoms with Gasteiger partial charge in [-0.2, -0.15) is 4.98 Å². The molecule has 0 saturated heterocycles. The Bertz CT molecular complexity index is 991. The zero-order chi connectivity index (χ0) is 18.8. The lowest BCUT2D eigenvalue weighted by Gasteiger charge is -2.10. The Morgan fingerprint density at radius 2 is 2.00 bits per heavy atom. The maximum Gasteiger partial charge on any atom is 0.310 e. The molecule has 0 aliphatic rings. The Morgan fingerprint density at radius 1 is 1.23 bits per heavy atom. The third-order valence-electron chi connectivity index (χ3n) is 3.92. The number of carbonyl (C=O) groups excluding carboxylic acids is 1. The number of carbonyl (C=O) groups is 1. The van der Waals surface area contributed by atoms with Gasteiger partial charge >= 0.3 is 5.97 Å². The van der Waals surface area contributed by atoms with Crippen molar-refractivity contribution in [3.63, 3.8) is 0 Å². The van der Waals surface area contributed by atoms with Crippen LogP contribution in [0.2, 0.25) is 10.0 Å². The Balaban J connectivity index is 1.75. The lowest BCUT2D eigenvalue weighted by Crippen LogP contribution is -2.13. The van der Waals surface area contributed by atoms with Crippen LogP contribution in [-0.2, 0) is 22.6 Å². The average Bonchev–Trinajstić information content (AvgIpc) is 3.03. The van der Waals surface area contributed by atoms with Gasteiger partial charge in [-0.15, -0.1) is 5.10 Å². The Labute approximate surface area is 164 Å². The number of hydrogen-bond acceptors (Lipinski definition) is 6. The number of fused-ring (bicyclic) bond motifs is 1. The van der Waals surface area contributed by atoms with Gasteiger partial charge in [0.15, 0.2) is 0 Å². The van der Waals surface area contributed by atoms with Crippen LogP contribution in [-0.4, -0.2) is 31.8 Å². The smallest absolute Gasteiger partial charge is 0.310 e. The zero-order valence-corrected chi connectivity index (χ0v) is 16.7. The topological polar surface area (TPSA) is 69.4 Å². The number of rotatable bonds is 5. The summed E-state index contributed by atoms with van der Waals surface area (Å²) >= 11 is 13.3. The van der Waals surface area contributed by atoms with Gasteiger partial charge in [-0.25, -0.2) is 9.50 Å². The second kappa shape index (κ2) is 7.82. The fourth-order valence-corrected chi connectivity index (χ4v) is 3.18. The molecule has 0 amide bonds. The number of aryl methyl sites for hydroxylation is 2. The Hall–Kier alpha value is -1.83. The van der Waals surface area contributed by atoms with Gasteiger partial charge in [0.05, 0.1) is 16.5 Å². The average molecular weight is 411 g/mol. The quantitative estimate of drug-likeness (QED) is 0.466. The van der Waals surface area contributed by atoms with Gasteiger partial charge in [0.2, 0.25) is 5.16 Å². The molecule has 6 nitrogen and oxygen atoms in total. The van der Waals surface area contributed by atoms with E-state index in [1.807, 2.05) is 20.1 Å². The van der Waals surface area contributed by atoms with Gasteiger partial charge in [-0.1, -0.05) is 41.0 Å². The minimum atomic E-state index is -0.353. The standard InChI is InChI=1S/C17H16Cl2N4O2S/c1-9-12(10(2)23-16(20-9)21-17(22-23)26-3)7-15(24)25-8-11-4-5-13(18)14(19)6-11/h4-6H,7-8H2,1-3H3. The van der Waals surface area contributed by atoms with E-state index in [0.717, 1.165) is 22.5 Å². The largest absolute Gasteiger partial charge is 0.461 e. The first-order chi connectivity index (χ1) is 12.4. The molecular formula is C17H16Cl2N4O2S. The monoisotopic (exact) mass is 410 g/mol. The van der Waals surface area contributed by atoms with E-state index in [9.17, 15) is 4.79 Å². The number of thioether (sulfide) groups is 1. The molecule has 0 aliphatic heterocycles. The summed E-state index contributed by atoms with van der Waals surface area (Å²) in [6, 6.07) is 5.12. The summed E-state index contributed by atoms with van der Waals surface area (Å²) in [5, 5.41) is 5.91. The highest BCUT2D eigenvalue weighted by atomic mass is 35.5. The van der Waals surface area contributed by atoms with E-state index in [1.54, 1.807) is 22.7 Å². The SMILES string of the molecule is CSc1nc2nc(C)c(CC(=O)OCc3ccc(Cl)c(Cl)c3)c(C)n2n1. The maximum absolute atomic E-state index is 12.3. The van der Waals surface area contributed by atoms with Gasteiger partial charge in [0.1, 0.15) is 6.61 Å². The fourth-order valence-electron chi connectivity index (χ4n) is 2.52. The van der Waals surface area contributed by atoms with Crippen molar-refractivity contribution < 1.29 is 9.53 Å². The van der Waals surface area contributed by atoms with E-state index in [2.05, 4.69) is 15.1 Å². The van der Waals surface area contributed by atoms with E-state index >= 15 is 0 Å². The lowest BCUT2D eigenvalue weighted by atomic mass is 10.1. The summed E-state index contributed by atoms with van der Waals surface area (Å²) < 4.78 is 7.01. The molecule has 26 heavy (non-hydrogen) atoms. The lowest BCUT2D eigenvalue weighted by molar-refractivity contribution is -0.144. The van der Waals surface area contributed by atoms with E-state index in [0.29, 0.717) is 21.0 Å². The van der Waals surface area contributed by atoms with Crippen LogP contribution in [0.3, 0.4) is 0 Å². The van der Waals surface area contributed by atoms with Crippen LogP contribution >= 0.6 is 35.0 Å². The van der Waals surface area contributed by atoms with Crippen LogP contribution < -0.4 is 0 Å². The van der Waals surface area contributed by atoms with Crippen molar-refractivity contribution in [2.45, 2.75) is 32.0 Å². The van der Waals surface area contributed by atoms with Crippen molar-refractivity contribution in [1.82, 2.24) is 19.6 Å². The number of nitrogens with zero attached hydrogens (tertiary/aromatic N) is 4. The molecule has 2 aromatic heterocycles. The van der Waals surface area contributed by atoms with Crippen molar-refractivity contribution >= 4 is 46.7 Å². The minimum absolute atomic E-state index is 0.108. The van der Waals surface area contributed by atoms with Crippen LogP contribution in [0.5, 0.6) is 0 Å². The van der Waals surface area contributed by atoms with Gasteiger partial charge in [0, 0.05) is 17.0 Å². The first-order valence-electron chi connectivity index (χ1n) is 7.75. The van der Waals surface area contributed by atoms with Gasteiger partial charge in [-0.3, -0.25) is 4.79 Å². The molecule has 3 aromatic rings. The molecule has 0 bridgehead atoms. The number of hydrogen-bond donors (Lipinski definition) is 0. The van der Waals surface area contributed by atoms with Crippen molar-refractivity contribution in [3.05, 3.63) is 50.8 Å². The third-order valence-corrected chi connectivity index (χ3v) is 5.19. The highest BCUT2D eigenvalue weighted by molar-refractivity contribution is 7.98. The normalized spacial score (nSPS) is 11.1. The molecular weight excluding hydrogens is 395 g/mol. The summed E-state index contributed by atoms with van der Waals surface area (Å²) in [7, 11) is 0. The molecule has 2 heterocycles. The van der Waals surface area contributed by atoms with Crippen LogP contribution in [0, 0.1) is 13.8 Å².